The average molecular weight is 414 g/mol. The van der Waals surface area contributed by atoms with Crippen molar-refractivity contribution in [3.05, 3.63) is 60.2 Å². The number of unbranched alkanes of at least 4 members (excludes halogenated alkanes) is 5. The van der Waals surface area contributed by atoms with E-state index < -0.39 is 0 Å². The highest BCUT2D eigenvalue weighted by molar-refractivity contribution is 5.80. The number of nitrogens with two attached hydrogens (primary N) is 1. The molecule has 0 atom stereocenters. The lowest BCUT2D eigenvalue weighted by Crippen LogP contribution is -2.05. The number of anilines is 1. The minimum Gasteiger partial charge on any atom is -0.368 e. The fourth-order valence-corrected chi connectivity index (χ4v) is 4.00. The van der Waals surface area contributed by atoms with Crippen LogP contribution in [0.5, 0.6) is 0 Å². The fraction of sp³-hybridized carbons (Fsp3) is 0.346. The van der Waals surface area contributed by atoms with E-state index in [-0.39, 0.29) is 5.95 Å². The maximum absolute atomic E-state index is 6.12. The summed E-state index contributed by atoms with van der Waals surface area (Å²) in [6.45, 7) is 5.25. The molecule has 5 nitrogen and oxygen atoms in total. The van der Waals surface area contributed by atoms with Gasteiger partial charge in [0, 0.05) is 12.1 Å². The summed E-state index contributed by atoms with van der Waals surface area (Å²) in [5.74, 6) is 1.13. The van der Waals surface area contributed by atoms with Gasteiger partial charge in [0.05, 0.1) is 16.7 Å². The van der Waals surface area contributed by atoms with Crippen molar-refractivity contribution in [2.24, 2.45) is 0 Å². The first-order valence-electron chi connectivity index (χ1n) is 11.3. The molecule has 0 saturated carbocycles. The zero-order valence-electron chi connectivity index (χ0n) is 18.5. The smallest absolute Gasteiger partial charge is 0.221 e. The predicted molar refractivity (Wildman–Crippen MR) is 129 cm³/mol. The molecule has 0 bridgehead atoms. The van der Waals surface area contributed by atoms with E-state index in [2.05, 4.69) is 70.8 Å². The van der Waals surface area contributed by atoms with E-state index in [1.807, 2.05) is 12.1 Å². The maximum atomic E-state index is 6.12. The number of para-hydroxylation sites is 2. The van der Waals surface area contributed by atoms with Gasteiger partial charge in [-0.1, -0.05) is 81.0 Å². The monoisotopic (exact) mass is 413 g/mol. The summed E-state index contributed by atoms with van der Waals surface area (Å²) in [5, 5.41) is 0. The summed E-state index contributed by atoms with van der Waals surface area (Å²) in [4.78, 5) is 13.9. The molecular formula is C26H31N5. The number of aryl methyl sites for hydroxylation is 2. The Hall–Kier alpha value is -3.21. The Bertz CT molecular complexity index is 1140. The molecule has 2 N–H and O–H groups in total. The van der Waals surface area contributed by atoms with E-state index >= 15 is 0 Å². The third kappa shape index (κ3) is 4.93. The Morgan fingerprint density at radius 1 is 0.806 bits per heavy atom. The largest absolute Gasteiger partial charge is 0.368 e. The maximum Gasteiger partial charge on any atom is 0.221 e. The van der Waals surface area contributed by atoms with Crippen LogP contribution >= 0.6 is 0 Å². The van der Waals surface area contributed by atoms with Crippen LogP contribution < -0.4 is 5.73 Å². The zero-order chi connectivity index (χ0) is 21.6. The van der Waals surface area contributed by atoms with E-state index in [9.17, 15) is 0 Å². The van der Waals surface area contributed by atoms with Crippen molar-refractivity contribution in [1.29, 1.82) is 0 Å². The van der Waals surface area contributed by atoms with Crippen LogP contribution in [0.4, 0.5) is 5.95 Å². The first-order chi connectivity index (χ1) is 15.2. The second-order valence-corrected chi connectivity index (χ2v) is 8.21. The average Bonchev–Trinajstić information content (AvgIpc) is 3.15. The summed E-state index contributed by atoms with van der Waals surface area (Å²) in [7, 11) is 0. The number of imidazole rings is 1. The van der Waals surface area contributed by atoms with Crippen molar-refractivity contribution in [3.8, 4) is 22.8 Å². The van der Waals surface area contributed by atoms with Gasteiger partial charge in [-0.3, -0.25) is 0 Å². The lowest BCUT2D eigenvalue weighted by molar-refractivity contribution is 0.566. The highest BCUT2D eigenvalue weighted by Crippen LogP contribution is 2.28. The first-order valence-corrected chi connectivity index (χ1v) is 11.3. The Morgan fingerprint density at radius 2 is 1.52 bits per heavy atom. The summed E-state index contributed by atoms with van der Waals surface area (Å²) in [6.07, 6.45) is 7.55. The lowest BCUT2D eigenvalue weighted by Gasteiger charge is -2.11. The van der Waals surface area contributed by atoms with E-state index in [0.717, 1.165) is 46.8 Å². The van der Waals surface area contributed by atoms with Crippen molar-refractivity contribution in [3.63, 3.8) is 0 Å². The van der Waals surface area contributed by atoms with E-state index in [0.29, 0.717) is 0 Å². The third-order valence-corrected chi connectivity index (χ3v) is 5.71. The summed E-state index contributed by atoms with van der Waals surface area (Å²) < 4.78 is 2.29. The van der Waals surface area contributed by atoms with Gasteiger partial charge in [0.15, 0.2) is 5.82 Å². The lowest BCUT2D eigenvalue weighted by atomic mass is 10.1. The van der Waals surface area contributed by atoms with Crippen LogP contribution in [0.1, 0.15) is 51.0 Å². The van der Waals surface area contributed by atoms with Gasteiger partial charge < -0.3 is 10.3 Å². The number of rotatable bonds is 9. The zero-order valence-corrected chi connectivity index (χ0v) is 18.5. The number of nitrogen functional groups attached to an aromatic ring is 1. The van der Waals surface area contributed by atoms with Gasteiger partial charge >= 0.3 is 0 Å². The Labute approximate surface area is 184 Å². The van der Waals surface area contributed by atoms with Crippen LogP contribution in [0.15, 0.2) is 54.6 Å². The highest BCUT2D eigenvalue weighted by atomic mass is 15.1. The van der Waals surface area contributed by atoms with Crippen molar-refractivity contribution in [1.82, 2.24) is 19.5 Å². The molecule has 4 aromatic rings. The number of fused-ring (bicyclic) bond motifs is 1. The Kier molecular flexibility index (Phi) is 6.60. The van der Waals surface area contributed by atoms with Crippen LogP contribution in [0.25, 0.3) is 33.8 Å². The minimum atomic E-state index is 0.270. The molecule has 0 radical (unpaired) electrons. The number of nitrogens with zero attached hydrogens (tertiary/aromatic N) is 4. The molecule has 0 unspecified atom stereocenters. The number of aromatic nitrogens is 4. The molecule has 0 spiro atoms. The number of hydrogen-bond acceptors (Lipinski definition) is 4. The normalized spacial score (nSPS) is 11.3. The van der Waals surface area contributed by atoms with E-state index in [1.165, 1.54) is 37.7 Å². The predicted octanol–water partition coefficient (Wildman–Crippen LogP) is 6.41. The van der Waals surface area contributed by atoms with Crippen molar-refractivity contribution in [2.75, 3.05) is 5.73 Å². The molecule has 2 heterocycles. The number of hydrogen-bond donors (Lipinski definition) is 1. The minimum absolute atomic E-state index is 0.270. The summed E-state index contributed by atoms with van der Waals surface area (Å²) in [5.41, 5.74) is 12.1. The molecule has 31 heavy (non-hydrogen) atoms. The van der Waals surface area contributed by atoms with E-state index in [1.54, 1.807) is 0 Å². The third-order valence-electron chi connectivity index (χ3n) is 5.71. The molecule has 0 aliphatic rings. The Morgan fingerprint density at radius 3 is 2.32 bits per heavy atom. The molecule has 0 saturated heterocycles. The molecule has 0 amide bonds. The van der Waals surface area contributed by atoms with Gasteiger partial charge in [-0.2, -0.15) is 0 Å². The summed E-state index contributed by atoms with van der Waals surface area (Å²) in [6, 6.07) is 18.6. The summed E-state index contributed by atoms with van der Waals surface area (Å²) >= 11 is 0. The highest BCUT2D eigenvalue weighted by Gasteiger charge is 2.16. The first kappa shape index (κ1) is 21.0. The molecule has 2 aromatic carbocycles. The van der Waals surface area contributed by atoms with Gasteiger partial charge in [0.1, 0.15) is 5.69 Å². The van der Waals surface area contributed by atoms with Gasteiger partial charge in [-0.15, -0.1) is 0 Å². The standard InChI is InChI=1S/C26H31N5/c1-3-4-5-6-7-10-17-31-24-12-9-8-11-21(24)28-25(31)23-18-22(29-26(27)30-23)20-15-13-19(2)14-16-20/h8-9,11-16,18H,3-7,10,17H2,1-2H3,(H2,27,29,30). The van der Waals surface area contributed by atoms with Gasteiger partial charge in [-0.05, 0) is 31.5 Å². The fourth-order valence-electron chi connectivity index (χ4n) is 4.00. The van der Waals surface area contributed by atoms with Crippen LogP contribution in [0.2, 0.25) is 0 Å². The quantitative estimate of drug-likeness (QED) is 0.322. The van der Waals surface area contributed by atoms with Crippen molar-refractivity contribution >= 4 is 17.0 Å². The molecule has 0 aliphatic heterocycles. The molecule has 2 aromatic heterocycles. The second kappa shape index (κ2) is 9.73. The van der Waals surface area contributed by atoms with Crippen LogP contribution in [0, 0.1) is 6.92 Å². The SMILES string of the molecule is CCCCCCCCn1c(-c2cc(-c3ccc(C)cc3)nc(N)n2)nc2ccccc21. The van der Waals surface area contributed by atoms with Crippen LogP contribution in [-0.2, 0) is 6.54 Å². The van der Waals surface area contributed by atoms with Crippen molar-refractivity contribution in [2.45, 2.75) is 58.9 Å². The molecule has 4 rings (SSSR count). The Balaban J connectivity index is 1.68. The topological polar surface area (TPSA) is 69.6 Å². The van der Waals surface area contributed by atoms with Crippen LogP contribution in [-0.4, -0.2) is 19.5 Å². The molecule has 0 aliphatic carbocycles. The molecule has 0 fully saturated rings. The van der Waals surface area contributed by atoms with Gasteiger partial charge in [0.2, 0.25) is 5.95 Å². The molecule has 160 valence electrons. The molecular weight excluding hydrogens is 382 g/mol. The van der Waals surface area contributed by atoms with Gasteiger partial charge in [-0.25, -0.2) is 15.0 Å². The van der Waals surface area contributed by atoms with Crippen LogP contribution in [0.3, 0.4) is 0 Å². The number of benzene rings is 2. The van der Waals surface area contributed by atoms with Crippen molar-refractivity contribution < 1.29 is 0 Å². The van der Waals surface area contributed by atoms with E-state index in [4.69, 9.17) is 10.7 Å². The second-order valence-electron chi connectivity index (χ2n) is 8.21. The molecule has 5 heteroatoms. The van der Waals surface area contributed by atoms with Gasteiger partial charge in [0.25, 0.3) is 0 Å².